The highest BCUT2D eigenvalue weighted by Crippen LogP contribution is 2.67. The van der Waals surface area contributed by atoms with Gasteiger partial charge in [-0.05, 0) is 0 Å². The summed E-state index contributed by atoms with van der Waals surface area (Å²) >= 11 is 0. The van der Waals surface area contributed by atoms with Crippen molar-refractivity contribution in [3.8, 4) is 0 Å². The standard InChI is InChI=1S/C15H22N5O16P3/c16-12-7-13-18-4-19(12)14-10(23)8(21)5(33-14)1-31-37(25,26)35-39(29,30)36-38(27,28)32-2-6-9(22)11(24)15(34-6)20(13)3-17-7/h3-6,8-11,14-16,21-24H,1-2H2,(H,25,26)(H,27,28)(H,29,30)/t5-,6-,8-,9-,10-,11-,14-,15-/m1/s1. The van der Waals surface area contributed by atoms with Gasteiger partial charge in [0.05, 0.1) is 19.5 Å². The van der Waals surface area contributed by atoms with Crippen LogP contribution in [0.2, 0.25) is 0 Å². The molecule has 0 aliphatic carbocycles. The van der Waals surface area contributed by atoms with Crippen molar-refractivity contribution >= 4 is 34.6 Å². The molecular formula is C15H22N5O16P3. The highest BCUT2D eigenvalue weighted by molar-refractivity contribution is 7.66. The summed E-state index contributed by atoms with van der Waals surface area (Å²) in [4.78, 5) is 37.5. The lowest BCUT2D eigenvalue weighted by Gasteiger charge is -2.21. The topological polar surface area (TPSA) is 308 Å². The first-order valence-electron chi connectivity index (χ1n) is 10.8. The predicted octanol–water partition coefficient (Wildman–Crippen LogP) is -2.67. The van der Waals surface area contributed by atoms with E-state index in [0.29, 0.717) is 0 Å². The van der Waals surface area contributed by atoms with Gasteiger partial charge in [0.25, 0.3) is 0 Å². The molecule has 0 spiro atoms. The van der Waals surface area contributed by atoms with Crippen LogP contribution in [0.15, 0.2) is 12.7 Å². The smallest absolute Gasteiger partial charge is 0.387 e. The van der Waals surface area contributed by atoms with Gasteiger partial charge < -0.3 is 44.6 Å². The van der Waals surface area contributed by atoms with Crippen LogP contribution in [0.5, 0.6) is 0 Å². The first kappa shape index (κ1) is 29.0. The molecule has 2 aromatic heterocycles. The molecule has 0 amide bonds. The average Bonchev–Trinajstić information content (AvgIpc) is 3.46. The van der Waals surface area contributed by atoms with Gasteiger partial charge in [-0.25, -0.2) is 23.7 Å². The number of aliphatic hydroxyl groups is 4. The van der Waals surface area contributed by atoms with Crippen LogP contribution in [-0.4, -0.2) is 104 Å². The van der Waals surface area contributed by atoms with Crippen LogP contribution in [0.3, 0.4) is 0 Å². The minimum absolute atomic E-state index is 0.0351. The lowest BCUT2D eigenvalue weighted by Crippen LogP contribution is -2.36. The second-order valence-corrected chi connectivity index (χ2v) is 13.2. The molecule has 4 aliphatic heterocycles. The van der Waals surface area contributed by atoms with Gasteiger partial charge in [-0.3, -0.25) is 23.6 Å². The fraction of sp³-hybridized carbons (Fsp3) is 0.667. The van der Waals surface area contributed by atoms with E-state index in [0.717, 1.165) is 21.8 Å². The number of phosphoric ester groups is 2. The van der Waals surface area contributed by atoms with Gasteiger partial charge in [0.15, 0.2) is 29.1 Å². The molecular weight excluding hydrogens is 599 g/mol. The molecule has 6 rings (SSSR count). The van der Waals surface area contributed by atoms with E-state index in [4.69, 9.17) is 14.9 Å². The Kier molecular flexibility index (Phi) is 7.52. The lowest BCUT2D eigenvalue weighted by molar-refractivity contribution is -0.0550. The van der Waals surface area contributed by atoms with Crippen molar-refractivity contribution in [2.75, 3.05) is 13.2 Å². The van der Waals surface area contributed by atoms with Crippen molar-refractivity contribution in [3.05, 3.63) is 18.1 Å². The fourth-order valence-electron chi connectivity index (χ4n) is 4.18. The zero-order valence-corrected chi connectivity index (χ0v) is 21.8. The van der Waals surface area contributed by atoms with Gasteiger partial charge in [0.1, 0.15) is 43.0 Å². The van der Waals surface area contributed by atoms with E-state index in [1.807, 2.05) is 0 Å². The van der Waals surface area contributed by atoms with Crippen molar-refractivity contribution in [1.29, 1.82) is 5.41 Å². The molecule has 218 valence electrons. The summed E-state index contributed by atoms with van der Waals surface area (Å²) in [5.74, 6) is 0. The summed E-state index contributed by atoms with van der Waals surface area (Å²) in [5, 5.41) is 50.2. The molecule has 2 saturated heterocycles. The van der Waals surface area contributed by atoms with Gasteiger partial charge in [-0.15, -0.1) is 0 Å². The van der Waals surface area contributed by atoms with Crippen LogP contribution in [0, 0.1) is 5.41 Å². The summed E-state index contributed by atoms with van der Waals surface area (Å²) in [6, 6.07) is 0. The zero-order chi connectivity index (χ0) is 28.5. The highest BCUT2D eigenvalue weighted by Gasteiger charge is 2.49. The average molecular weight is 621 g/mol. The molecule has 6 heterocycles. The van der Waals surface area contributed by atoms with Gasteiger partial charge in [-0.1, -0.05) is 0 Å². The van der Waals surface area contributed by atoms with E-state index < -0.39 is 91.2 Å². The van der Waals surface area contributed by atoms with Crippen molar-refractivity contribution in [2.45, 2.75) is 49.1 Å². The number of hydrogen-bond donors (Lipinski definition) is 8. The van der Waals surface area contributed by atoms with Crippen molar-refractivity contribution in [1.82, 2.24) is 19.1 Å². The van der Waals surface area contributed by atoms with E-state index in [2.05, 4.69) is 27.6 Å². The Morgan fingerprint density at radius 1 is 0.744 bits per heavy atom. The molecule has 4 aliphatic rings. The number of aromatic nitrogens is 4. The molecule has 39 heavy (non-hydrogen) atoms. The van der Waals surface area contributed by atoms with Gasteiger partial charge in [0.2, 0.25) is 0 Å². The quantitative estimate of drug-likeness (QED) is 0.139. The molecule has 21 nitrogen and oxygen atoms in total. The maximum atomic E-state index is 12.2. The number of aliphatic hydroxyl groups excluding tert-OH is 4. The van der Waals surface area contributed by atoms with E-state index in [1.165, 1.54) is 0 Å². The molecule has 24 heteroatoms. The monoisotopic (exact) mass is 621 g/mol. The molecule has 2 aromatic rings. The molecule has 0 radical (unpaired) electrons. The van der Waals surface area contributed by atoms with E-state index >= 15 is 0 Å². The number of hydrogen-bond acceptors (Lipinski definition) is 16. The van der Waals surface area contributed by atoms with Crippen LogP contribution in [0.1, 0.15) is 12.5 Å². The summed E-state index contributed by atoms with van der Waals surface area (Å²) in [7, 11) is -16.9. The SMILES string of the molecule is N=c1c2ncn3c2ncn1[C@@H]1O[C@H](COP(=O)(O)OP(=O)(O)OP(=O)(O)OC[C@H]2O[C@@H]3[C@H](O)[C@@H]2O)[C@@H](O)[C@H]1O. The number of phosphoric acid groups is 3. The first-order valence-corrected chi connectivity index (χ1v) is 15.3. The summed E-state index contributed by atoms with van der Waals surface area (Å²) < 4.78 is 66.6. The van der Waals surface area contributed by atoms with Gasteiger partial charge in [-0.2, -0.15) is 8.62 Å². The van der Waals surface area contributed by atoms with Crippen molar-refractivity contribution < 1.29 is 75.9 Å². The van der Waals surface area contributed by atoms with Crippen LogP contribution in [0.4, 0.5) is 0 Å². The molecule has 8 bridgehead atoms. The van der Waals surface area contributed by atoms with Crippen molar-refractivity contribution in [3.63, 3.8) is 0 Å². The Balaban J connectivity index is 1.55. The highest BCUT2D eigenvalue weighted by atomic mass is 31.3. The molecule has 0 saturated carbocycles. The lowest BCUT2D eigenvalue weighted by atomic mass is 10.1. The van der Waals surface area contributed by atoms with E-state index in [-0.39, 0.29) is 11.2 Å². The number of fused-ring (bicyclic) bond motifs is 9. The maximum Gasteiger partial charge on any atom is 0.490 e. The van der Waals surface area contributed by atoms with E-state index in [9.17, 15) is 48.8 Å². The second-order valence-electron chi connectivity index (χ2n) is 8.58. The van der Waals surface area contributed by atoms with E-state index in [1.54, 1.807) is 0 Å². The Morgan fingerprint density at radius 3 is 1.72 bits per heavy atom. The number of nitrogens with one attached hydrogen (secondary N) is 1. The minimum atomic E-state index is -5.84. The van der Waals surface area contributed by atoms with Gasteiger partial charge in [0, 0.05) is 0 Å². The summed E-state index contributed by atoms with van der Waals surface area (Å²) in [6.07, 6.45) is -10.8. The second kappa shape index (κ2) is 10.1. The Bertz CT molecular complexity index is 1470. The maximum absolute atomic E-state index is 12.2. The largest absolute Gasteiger partial charge is 0.490 e. The predicted molar refractivity (Wildman–Crippen MR) is 117 cm³/mol. The fourth-order valence-corrected chi connectivity index (χ4v) is 7.70. The minimum Gasteiger partial charge on any atom is -0.387 e. The normalized spacial score (nSPS) is 45.7. The Hall–Kier alpha value is -1.48. The third-order valence-corrected chi connectivity index (χ3v) is 10.2. The van der Waals surface area contributed by atoms with Crippen LogP contribution < -0.4 is 5.49 Å². The number of nitrogens with zero attached hydrogens (tertiary/aromatic N) is 4. The molecule has 0 aromatic carbocycles. The summed E-state index contributed by atoms with van der Waals surface area (Å²) in [5.41, 5.74) is -0.524. The number of ether oxygens (including phenoxy) is 2. The van der Waals surface area contributed by atoms with Crippen molar-refractivity contribution in [2.24, 2.45) is 0 Å². The molecule has 8 N–H and O–H groups in total. The number of imidazole rings is 1. The van der Waals surface area contributed by atoms with Crippen LogP contribution >= 0.6 is 23.5 Å². The Labute approximate surface area is 216 Å². The summed E-state index contributed by atoms with van der Waals surface area (Å²) in [6.45, 7) is -2.00. The number of rotatable bonds is 0. The third-order valence-electron chi connectivity index (χ3n) is 5.99. The third kappa shape index (κ3) is 5.55. The zero-order valence-electron chi connectivity index (χ0n) is 19.1. The Morgan fingerprint density at radius 2 is 1.21 bits per heavy atom. The van der Waals surface area contributed by atoms with Crippen LogP contribution in [0.25, 0.3) is 11.2 Å². The molecule has 11 atom stereocenters. The van der Waals surface area contributed by atoms with Gasteiger partial charge >= 0.3 is 23.5 Å². The van der Waals surface area contributed by atoms with Crippen LogP contribution in [-0.2, 0) is 40.8 Å². The molecule has 2 fully saturated rings. The molecule has 3 unspecified atom stereocenters. The first-order chi connectivity index (χ1) is 18.1.